The zero-order valence-corrected chi connectivity index (χ0v) is 19.7. The quantitative estimate of drug-likeness (QED) is 0.605. The molecule has 0 radical (unpaired) electrons. The van der Waals surface area contributed by atoms with Crippen LogP contribution in [-0.4, -0.2) is 37.0 Å². The number of piperazine rings is 1. The van der Waals surface area contributed by atoms with E-state index in [2.05, 4.69) is 11.0 Å². The number of aryl methyl sites for hydroxylation is 2. The number of amides is 1. The summed E-state index contributed by atoms with van der Waals surface area (Å²) in [7, 11) is 0. The van der Waals surface area contributed by atoms with Gasteiger partial charge < -0.3 is 15.5 Å². The van der Waals surface area contributed by atoms with E-state index >= 15 is 0 Å². The minimum absolute atomic E-state index is 0.111. The Morgan fingerprint density at radius 1 is 1.06 bits per heavy atom. The third-order valence-corrected chi connectivity index (χ3v) is 6.16. The third-order valence-electron chi connectivity index (χ3n) is 6.16. The molecule has 1 aliphatic rings. The summed E-state index contributed by atoms with van der Waals surface area (Å²) in [6.07, 6.45) is -2.65. The van der Waals surface area contributed by atoms with Crippen molar-refractivity contribution in [2.45, 2.75) is 52.3 Å². The molecule has 33 heavy (non-hydrogen) atoms. The van der Waals surface area contributed by atoms with Gasteiger partial charge in [-0.2, -0.15) is 13.2 Å². The highest BCUT2D eigenvalue weighted by Crippen LogP contribution is 2.36. The van der Waals surface area contributed by atoms with Gasteiger partial charge in [-0.05, 0) is 55.0 Å². The van der Waals surface area contributed by atoms with E-state index in [1.54, 1.807) is 0 Å². The van der Waals surface area contributed by atoms with E-state index < -0.39 is 17.8 Å². The van der Waals surface area contributed by atoms with Gasteiger partial charge in [-0.3, -0.25) is 4.79 Å². The van der Waals surface area contributed by atoms with Crippen molar-refractivity contribution in [3.63, 3.8) is 0 Å². The highest BCUT2D eigenvalue weighted by molar-refractivity contribution is 5.77. The summed E-state index contributed by atoms with van der Waals surface area (Å²) < 4.78 is 40.0. The van der Waals surface area contributed by atoms with E-state index in [1.807, 2.05) is 43.9 Å². The highest BCUT2D eigenvalue weighted by Gasteiger charge is 2.33. The molecule has 1 fully saturated rings. The monoisotopic (exact) mass is 461 g/mol. The van der Waals surface area contributed by atoms with Crippen LogP contribution in [-0.2, 0) is 17.4 Å². The summed E-state index contributed by atoms with van der Waals surface area (Å²) in [5.41, 5.74) is 9.25. The molecule has 0 bridgehead atoms. The second kappa shape index (κ2) is 10.6. The van der Waals surface area contributed by atoms with Gasteiger partial charge in [0.25, 0.3) is 0 Å². The molecule has 180 valence electrons. The summed E-state index contributed by atoms with van der Waals surface area (Å²) >= 11 is 0. The molecule has 2 aromatic rings. The number of carbonyl (C=O) groups is 1. The van der Waals surface area contributed by atoms with Crippen LogP contribution < -0.4 is 10.6 Å². The Morgan fingerprint density at radius 2 is 1.76 bits per heavy atom. The molecule has 7 heteroatoms. The molecule has 2 aromatic carbocycles. The summed E-state index contributed by atoms with van der Waals surface area (Å²) in [4.78, 5) is 16.6. The molecule has 1 aliphatic heterocycles. The molecule has 1 saturated heterocycles. The smallest absolute Gasteiger partial charge is 0.368 e. The van der Waals surface area contributed by atoms with Crippen LogP contribution in [0.2, 0.25) is 0 Å². The predicted octanol–water partition coefficient (Wildman–Crippen LogP) is 5.34. The van der Waals surface area contributed by atoms with Crippen molar-refractivity contribution in [1.82, 2.24) is 4.90 Å². The third kappa shape index (κ3) is 6.73. The SMILES string of the molecule is Cc1cccc(CCC(=O)N2CCN(c3ccc(C(F)(F)F)cc3[C@@H](N)CC(C)C)CC2)c1. The number of nitrogens with two attached hydrogens (primary N) is 1. The van der Waals surface area contributed by atoms with E-state index in [1.165, 1.54) is 17.7 Å². The summed E-state index contributed by atoms with van der Waals surface area (Å²) in [6.45, 7) is 8.29. The molecular weight excluding hydrogens is 427 g/mol. The van der Waals surface area contributed by atoms with Crippen LogP contribution in [0.1, 0.15) is 55.0 Å². The lowest BCUT2D eigenvalue weighted by Gasteiger charge is -2.38. The second-order valence-corrected chi connectivity index (χ2v) is 9.36. The van der Waals surface area contributed by atoms with E-state index in [0.717, 1.165) is 17.3 Å². The first kappa shape index (κ1) is 25.1. The minimum atomic E-state index is -4.41. The standard InChI is InChI=1S/C26H34F3N3O/c1-18(2)15-23(30)22-17-21(26(27,28)29)8-9-24(22)31-11-13-32(14-12-31)25(33)10-7-20-6-4-5-19(3)16-20/h4-6,8-9,16-18,23H,7,10-15,30H2,1-3H3/t23-/m0/s1. The highest BCUT2D eigenvalue weighted by atomic mass is 19.4. The van der Waals surface area contributed by atoms with Crippen molar-refractivity contribution in [1.29, 1.82) is 0 Å². The van der Waals surface area contributed by atoms with Gasteiger partial charge in [0.1, 0.15) is 0 Å². The predicted molar refractivity (Wildman–Crippen MR) is 126 cm³/mol. The van der Waals surface area contributed by atoms with Crippen molar-refractivity contribution < 1.29 is 18.0 Å². The maximum atomic E-state index is 13.3. The fourth-order valence-electron chi connectivity index (χ4n) is 4.42. The number of benzene rings is 2. The lowest BCUT2D eigenvalue weighted by atomic mass is 9.94. The number of hydrogen-bond donors (Lipinski definition) is 1. The summed E-state index contributed by atoms with van der Waals surface area (Å²) in [5.74, 6) is 0.380. The van der Waals surface area contributed by atoms with Crippen LogP contribution in [0.15, 0.2) is 42.5 Å². The van der Waals surface area contributed by atoms with Crippen LogP contribution >= 0.6 is 0 Å². The molecular formula is C26H34F3N3O. The number of halogens is 3. The van der Waals surface area contributed by atoms with Gasteiger partial charge in [0.2, 0.25) is 5.91 Å². The molecule has 0 aliphatic carbocycles. The average molecular weight is 462 g/mol. The zero-order valence-electron chi connectivity index (χ0n) is 19.7. The number of rotatable bonds is 7. The van der Waals surface area contributed by atoms with Crippen LogP contribution in [0.4, 0.5) is 18.9 Å². The summed E-state index contributed by atoms with van der Waals surface area (Å²) in [5, 5.41) is 0. The van der Waals surface area contributed by atoms with Gasteiger partial charge in [-0.15, -0.1) is 0 Å². The molecule has 0 unspecified atom stereocenters. The van der Waals surface area contributed by atoms with E-state index in [4.69, 9.17) is 5.73 Å². The molecule has 1 heterocycles. The van der Waals surface area contributed by atoms with Gasteiger partial charge >= 0.3 is 6.18 Å². The van der Waals surface area contributed by atoms with Crippen molar-refractivity contribution in [2.24, 2.45) is 11.7 Å². The first-order valence-corrected chi connectivity index (χ1v) is 11.6. The lowest BCUT2D eigenvalue weighted by molar-refractivity contribution is -0.137. The Hall–Kier alpha value is -2.54. The average Bonchev–Trinajstić information content (AvgIpc) is 2.76. The minimum Gasteiger partial charge on any atom is -0.368 e. The molecule has 0 saturated carbocycles. The second-order valence-electron chi connectivity index (χ2n) is 9.36. The van der Waals surface area contributed by atoms with Gasteiger partial charge in [0.15, 0.2) is 0 Å². The van der Waals surface area contributed by atoms with Gasteiger partial charge in [0, 0.05) is 44.3 Å². The van der Waals surface area contributed by atoms with Crippen molar-refractivity contribution in [2.75, 3.05) is 31.1 Å². The van der Waals surface area contributed by atoms with Crippen LogP contribution in [0, 0.1) is 12.8 Å². The maximum absolute atomic E-state index is 13.3. The van der Waals surface area contributed by atoms with Crippen molar-refractivity contribution in [3.8, 4) is 0 Å². The normalized spacial score (nSPS) is 15.8. The largest absolute Gasteiger partial charge is 0.416 e. The Balaban J connectivity index is 1.67. The van der Waals surface area contributed by atoms with Crippen molar-refractivity contribution >= 4 is 11.6 Å². The van der Waals surface area contributed by atoms with E-state index in [9.17, 15) is 18.0 Å². The maximum Gasteiger partial charge on any atom is 0.416 e. The van der Waals surface area contributed by atoms with Crippen LogP contribution in [0.3, 0.4) is 0 Å². The van der Waals surface area contributed by atoms with E-state index in [-0.39, 0.29) is 11.8 Å². The fraction of sp³-hybridized carbons (Fsp3) is 0.500. The molecule has 0 aromatic heterocycles. The van der Waals surface area contributed by atoms with Gasteiger partial charge in [-0.25, -0.2) is 0 Å². The topological polar surface area (TPSA) is 49.6 Å². The zero-order chi connectivity index (χ0) is 24.2. The Kier molecular flexibility index (Phi) is 8.05. The molecule has 4 nitrogen and oxygen atoms in total. The lowest BCUT2D eigenvalue weighted by Crippen LogP contribution is -2.49. The number of nitrogens with zero attached hydrogens (tertiary/aromatic N) is 2. The Bertz CT molecular complexity index is 950. The van der Waals surface area contributed by atoms with Crippen LogP contribution in [0.5, 0.6) is 0 Å². The Morgan fingerprint density at radius 3 is 2.36 bits per heavy atom. The van der Waals surface area contributed by atoms with E-state index in [0.29, 0.717) is 51.0 Å². The molecule has 0 spiro atoms. The van der Waals surface area contributed by atoms with Crippen molar-refractivity contribution in [3.05, 3.63) is 64.7 Å². The number of anilines is 1. The Labute approximate surface area is 194 Å². The summed E-state index contributed by atoms with van der Waals surface area (Å²) in [6, 6.07) is 11.5. The molecule has 1 atom stereocenters. The first-order chi connectivity index (χ1) is 15.5. The van der Waals surface area contributed by atoms with Gasteiger partial charge in [-0.1, -0.05) is 43.7 Å². The molecule has 3 rings (SSSR count). The molecule has 2 N–H and O–H groups in total. The van der Waals surface area contributed by atoms with Crippen LogP contribution in [0.25, 0.3) is 0 Å². The number of carbonyl (C=O) groups excluding carboxylic acids is 1. The fourth-order valence-corrected chi connectivity index (χ4v) is 4.42. The number of alkyl halides is 3. The molecule has 1 amide bonds. The first-order valence-electron chi connectivity index (χ1n) is 11.6. The number of hydrogen-bond acceptors (Lipinski definition) is 3. The van der Waals surface area contributed by atoms with Gasteiger partial charge in [0.05, 0.1) is 5.56 Å².